The Kier molecular flexibility index (Phi) is 5.74. The Hall–Kier alpha value is -3.68. The predicted octanol–water partition coefficient (Wildman–Crippen LogP) is 1.91. The molecule has 0 spiro atoms. The molecule has 0 unspecified atom stereocenters. The first-order valence-electron chi connectivity index (χ1n) is 9.87. The number of hydrogen-bond donors (Lipinski definition) is 2. The largest absolute Gasteiger partial charge is 0.395 e. The molecule has 0 aliphatic carbocycles. The van der Waals surface area contributed by atoms with Gasteiger partial charge in [0.2, 0.25) is 17.8 Å². The average molecular weight is 405 g/mol. The Bertz CT molecular complexity index is 1020. The van der Waals surface area contributed by atoms with Gasteiger partial charge >= 0.3 is 0 Å². The molecule has 0 saturated carbocycles. The minimum Gasteiger partial charge on any atom is -0.395 e. The van der Waals surface area contributed by atoms with Crippen molar-refractivity contribution in [3.63, 3.8) is 0 Å². The maximum atomic E-state index is 11.7. The van der Waals surface area contributed by atoms with E-state index in [4.69, 9.17) is 4.84 Å². The highest BCUT2D eigenvalue weighted by atomic mass is 16.6. The molecule has 2 aromatic carbocycles. The number of carbonyl (C=O) groups is 2. The SMILES string of the molecule is CNC(=O)CCCO/N=C(\c1ccccc1)c1ccc2c(c1)CN1CC(=O)NC1=N2. The molecular weight excluding hydrogens is 382 g/mol. The summed E-state index contributed by atoms with van der Waals surface area (Å²) in [6.07, 6.45) is 0.984. The Balaban J connectivity index is 1.56. The van der Waals surface area contributed by atoms with Gasteiger partial charge in [-0.05, 0) is 24.1 Å². The van der Waals surface area contributed by atoms with Crippen LogP contribution in [0.4, 0.5) is 5.69 Å². The van der Waals surface area contributed by atoms with E-state index in [0.717, 1.165) is 22.4 Å². The summed E-state index contributed by atoms with van der Waals surface area (Å²) < 4.78 is 0. The van der Waals surface area contributed by atoms with E-state index in [1.165, 1.54) is 0 Å². The number of amides is 2. The molecule has 2 heterocycles. The highest BCUT2D eigenvalue weighted by molar-refractivity contribution is 6.13. The third kappa shape index (κ3) is 4.32. The maximum absolute atomic E-state index is 11.7. The number of nitrogens with zero attached hydrogens (tertiary/aromatic N) is 3. The molecule has 0 atom stereocenters. The fourth-order valence-corrected chi connectivity index (χ4v) is 3.41. The van der Waals surface area contributed by atoms with Crippen molar-refractivity contribution in [2.75, 3.05) is 20.2 Å². The van der Waals surface area contributed by atoms with Crippen LogP contribution >= 0.6 is 0 Å². The quantitative estimate of drug-likeness (QED) is 0.418. The summed E-state index contributed by atoms with van der Waals surface area (Å²) in [5.41, 5.74) is 4.41. The van der Waals surface area contributed by atoms with E-state index in [9.17, 15) is 9.59 Å². The van der Waals surface area contributed by atoms with E-state index in [0.29, 0.717) is 44.2 Å². The molecule has 8 nitrogen and oxygen atoms in total. The molecule has 8 heteroatoms. The Morgan fingerprint density at radius 2 is 2.03 bits per heavy atom. The number of guanidine groups is 1. The van der Waals surface area contributed by atoms with Crippen molar-refractivity contribution in [2.24, 2.45) is 10.1 Å². The number of oxime groups is 1. The zero-order valence-electron chi connectivity index (χ0n) is 16.7. The van der Waals surface area contributed by atoms with Crippen LogP contribution in [0.3, 0.4) is 0 Å². The third-order valence-corrected chi connectivity index (χ3v) is 4.95. The van der Waals surface area contributed by atoms with Crippen molar-refractivity contribution >= 4 is 29.2 Å². The van der Waals surface area contributed by atoms with Gasteiger partial charge in [0, 0.05) is 31.1 Å². The summed E-state index contributed by atoms with van der Waals surface area (Å²) >= 11 is 0. The smallest absolute Gasteiger partial charge is 0.246 e. The molecule has 2 N–H and O–H groups in total. The lowest BCUT2D eigenvalue weighted by atomic mass is 9.99. The van der Waals surface area contributed by atoms with Crippen molar-refractivity contribution in [1.82, 2.24) is 15.5 Å². The van der Waals surface area contributed by atoms with Crippen LogP contribution in [0.1, 0.15) is 29.5 Å². The van der Waals surface area contributed by atoms with Crippen LogP contribution in [0.25, 0.3) is 0 Å². The van der Waals surface area contributed by atoms with Crippen molar-refractivity contribution in [3.05, 3.63) is 65.2 Å². The van der Waals surface area contributed by atoms with Crippen LogP contribution in [0.15, 0.2) is 58.7 Å². The minimum atomic E-state index is -0.0431. The fraction of sp³-hybridized carbons (Fsp3) is 0.273. The molecule has 2 aliphatic heterocycles. The lowest BCUT2D eigenvalue weighted by Crippen LogP contribution is -2.32. The number of rotatable bonds is 7. The Morgan fingerprint density at radius 3 is 2.83 bits per heavy atom. The van der Waals surface area contributed by atoms with Crippen LogP contribution in [0.2, 0.25) is 0 Å². The molecule has 2 aromatic rings. The summed E-state index contributed by atoms with van der Waals surface area (Å²) in [4.78, 5) is 35.0. The van der Waals surface area contributed by atoms with Gasteiger partial charge < -0.3 is 15.1 Å². The fourth-order valence-electron chi connectivity index (χ4n) is 3.41. The number of benzene rings is 2. The van der Waals surface area contributed by atoms with Crippen LogP contribution in [-0.2, 0) is 21.0 Å². The molecule has 0 bridgehead atoms. The molecular formula is C22H23N5O3. The molecule has 4 rings (SSSR count). The summed E-state index contributed by atoms with van der Waals surface area (Å²) in [5, 5.41) is 9.75. The Morgan fingerprint density at radius 1 is 1.20 bits per heavy atom. The van der Waals surface area contributed by atoms with E-state index < -0.39 is 0 Å². The lowest BCUT2D eigenvalue weighted by molar-refractivity contribution is -0.121. The van der Waals surface area contributed by atoms with Gasteiger partial charge in [-0.25, -0.2) is 4.99 Å². The molecule has 2 aliphatic rings. The van der Waals surface area contributed by atoms with Crippen LogP contribution in [-0.4, -0.2) is 48.6 Å². The van der Waals surface area contributed by atoms with Gasteiger partial charge in [0.15, 0.2) is 0 Å². The second-order valence-corrected chi connectivity index (χ2v) is 7.10. The average Bonchev–Trinajstić information content (AvgIpc) is 3.13. The third-order valence-electron chi connectivity index (χ3n) is 4.95. The lowest BCUT2D eigenvalue weighted by Gasteiger charge is -2.23. The Labute approximate surface area is 174 Å². The second-order valence-electron chi connectivity index (χ2n) is 7.10. The maximum Gasteiger partial charge on any atom is 0.246 e. The van der Waals surface area contributed by atoms with Gasteiger partial charge in [-0.2, -0.15) is 0 Å². The van der Waals surface area contributed by atoms with E-state index in [1.807, 2.05) is 53.4 Å². The predicted molar refractivity (Wildman–Crippen MR) is 113 cm³/mol. The van der Waals surface area contributed by atoms with Crippen molar-refractivity contribution < 1.29 is 14.4 Å². The van der Waals surface area contributed by atoms with E-state index in [2.05, 4.69) is 20.8 Å². The molecule has 1 saturated heterocycles. The zero-order valence-corrected chi connectivity index (χ0v) is 16.7. The van der Waals surface area contributed by atoms with Crippen molar-refractivity contribution in [2.45, 2.75) is 19.4 Å². The van der Waals surface area contributed by atoms with Crippen LogP contribution in [0, 0.1) is 0 Å². The number of aliphatic imine (C=N–C) groups is 1. The zero-order chi connectivity index (χ0) is 20.9. The number of nitrogens with one attached hydrogen (secondary N) is 2. The van der Waals surface area contributed by atoms with Crippen molar-refractivity contribution in [3.8, 4) is 0 Å². The van der Waals surface area contributed by atoms with Gasteiger partial charge in [-0.1, -0.05) is 41.6 Å². The standard InChI is InChI=1S/C22H23N5O3/c1-23-19(28)8-5-11-30-26-21(15-6-3-2-4-7-15)16-9-10-18-17(12-16)13-27-14-20(29)25-22(27)24-18/h2-4,6-7,9-10,12H,5,8,11,13-14H2,1H3,(H,23,28)(H,24,25,29)/b26-21+. The summed E-state index contributed by atoms with van der Waals surface area (Å²) in [6.45, 7) is 1.27. The van der Waals surface area contributed by atoms with Crippen LogP contribution < -0.4 is 10.6 Å². The minimum absolute atomic E-state index is 0.0182. The van der Waals surface area contributed by atoms with Gasteiger partial charge in [0.1, 0.15) is 18.9 Å². The van der Waals surface area contributed by atoms with Gasteiger partial charge in [0.05, 0.1) is 5.69 Å². The first-order valence-corrected chi connectivity index (χ1v) is 9.87. The summed E-state index contributed by atoms with van der Waals surface area (Å²) in [5.74, 6) is 0.547. The normalized spacial score (nSPS) is 15.1. The topological polar surface area (TPSA) is 95.4 Å². The molecule has 154 valence electrons. The van der Waals surface area contributed by atoms with Gasteiger partial charge in [-0.3, -0.25) is 14.9 Å². The molecule has 1 fully saturated rings. The first kappa shape index (κ1) is 19.6. The summed E-state index contributed by atoms with van der Waals surface area (Å²) in [7, 11) is 1.62. The highest BCUT2D eigenvalue weighted by Crippen LogP contribution is 2.29. The van der Waals surface area contributed by atoms with E-state index in [1.54, 1.807) is 7.05 Å². The molecule has 30 heavy (non-hydrogen) atoms. The van der Waals surface area contributed by atoms with Crippen molar-refractivity contribution in [1.29, 1.82) is 0 Å². The molecule has 2 amide bonds. The van der Waals surface area contributed by atoms with Crippen LogP contribution in [0.5, 0.6) is 0 Å². The molecule has 0 radical (unpaired) electrons. The number of hydrogen-bond acceptors (Lipinski definition) is 6. The first-order chi connectivity index (χ1) is 14.6. The molecule has 0 aromatic heterocycles. The summed E-state index contributed by atoms with van der Waals surface area (Å²) in [6, 6.07) is 15.7. The highest BCUT2D eigenvalue weighted by Gasteiger charge is 2.29. The second kappa shape index (κ2) is 8.77. The monoisotopic (exact) mass is 405 g/mol. The number of fused-ring (bicyclic) bond motifs is 2. The van der Waals surface area contributed by atoms with Gasteiger partial charge in [0.25, 0.3) is 0 Å². The van der Waals surface area contributed by atoms with E-state index in [-0.39, 0.29) is 11.8 Å². The number of carbonyl (C=O) groups excluding carboxylic acids is 2. The van der Waals surface area contributed by atoms with E-state index >= 15 is 0 Å². The van der Waals surface area contributed by atoms with Gasteiger partial charge in [-0.15, -0.1) is 0 Å².